The SMILES string of the molecule is CCCC(C)CCc1c[nH]c2ccc(O)cc12. The zero-order chi connectivity index (χ0) is 12.3. The van der Waals surface area contributed by atoms with Gasteiger partial charge in [0.15, 0.2) is 0 Å². The van der Waals surface area contributed by atoms with Crippen LogP contribution >= 0.6 is 0 Å². The van der Waals surface area contributed by atoms with Crippen LogP contribution in [0.25, 0.3) is 10.9 Å². The average molecular weight is 231 g/mol. The lowest BCUT2D eigenvalue weighted by atomic mass is 9.97. The van der Waals surface area contributed by atoms with Crippen molar-refractivity contribution in [3.63, 3.8) is 0 Å². The lowest BCUT2D eigenvalue weighted by molar-refractivity contribution is 0.476. The highest BCUT2D eigenvalue weighted by atomic mass is 16.3. The molecular weight excluding hydrogens is 210 g/mol. The van der Waals surface area contributed by atoms with E-state index in [4.69, 9.17) is 0 Å². The number of fused-ring (bicyclic) bond motifs is 1. The molecule has 1 aromatic heterocycles. The van der Waals surface area contributed by atoms with Crippen molar-refractivity contribution in [2.45, 2.75) is 39.5 Å². The molecule has 0 saturated heterocycles. The van der Waals surface area contributed by atoms with Crippen molar-refractivity contribution < 1.29 is 5.11 Å². The Labute approximate surface area is 103 Å². The van der Waals surface area contributed by atoms with Crippen LogP contribution in [0.3, 0.4) is 0 Å². The highest BCUT2D eigenvalue weighted by Crippen LogP contribution is 2.25. The number of hydrogen-bond donors (Lipinski definition) is 2. The summed E-state index contributed by atoms with van der Waals surface area (Å²) in [6.45, 7) is 4.55. The monoisotopic (exact) mass is 231 g/mol. The number of aromatic amines is 1. The highest BCUT2D eigenvalue weighted by Gasteiger charge is 2.07. The molecule has 0 radical (unpaired) electrons. The Morgan fingerprint density at radius 1 is 1.29 bits per heavy atom. The van der Waals surface area contributed by atoms with E-state index in [0.717, 1.165) is 23.2 Å². The van der Waals surface area contributed by atoms with Crippen LogP contribution in [-0.4, -0.2) is 10.1 Å². The third-order valence-electron chi connectivity index (χ3n) is 3.44. The molecule has 0 fully saturated rings. The zero-order valence-electron chi connectivity index (χ0n) is 10.7. The van der Waals surface area contributed by atoms with E-state index in [1.165, 1.54) is 24.8 Å². The first-order valence-corrected chi connectivity index (χ1v) is 6.49. The number of phenols is 1. The van der Waals surface area contributed by atoms with Gasteiger partial charge in [0.1, 0.15) is 5.75 Å². The predicted octanol–water partition coefficient (Wildman–Crippen LogP) is 4.24. The normalized spacial score (nSPS) is 13.1. The van der Waals surface area contributed by atoms with Crippen molar-refractivity contribution in [3.8, 4) is 5.75 Å². The van der Waals surface area contributed by atoms with Gasteiger partial charge in [-0.2, -0.15) is 0 Å². The van der Waals surface area contributed by atoms with Crippen molar-refractivity contribution >= 4 is 10.9 Å². The van der Waals surface area contributed by atoms with Crippen LogP contribution in [0.4, 0.5) is 0 Å². The largest absolute Gasteiger partial charge is 0.508 e. The molecular formula is C15H21NO. The first-order valence-electron chi connectivity index (χ1n) is 6.49. The number of nitrogens with one attached hydrogen (secondary N) is 1. The first-order chi connectivity index (χ1) is 8.20. The number of aryl methyl sites for hydroxylation is 1. The average Bonchev–Trinajstić information content (AvgIpc) is 2.69. The summed E-state index contributed by atoms with van der Waals surface area (Å²) in [5.74, 6) is 1.13. The first kappa shape index (κ1) is 12.0. The summed E-state index contributed by atoms with van der Waals surface area (Å²) in [7, 11) is 0. The topological polar surface area (TPSA) is 36.0 Å². The summed E-state index contributed by atoms with van der Waals surface area (Å²) in [6, 6.07) is 5.51. The smallest absolute Gasteiger partial charge is 0.116 e. The minimum absolute atomic E-state index is 0.347. The maximum Gasteiger partial charge on any atom is 0.116 e. The van der Waals surface area contributed by atoms with E-state index in [1.807, 2.05) is 12.1 Å². The van der Waals surface area contributed by atoms with Gasteiger partial charge in [-0.1, -0.05) is 26.7 Å². The second kappa shape index (κ2) is 5.26. The van der Waals surface area contributed by atoms with Crippen molar-refractivity contribution in [2.75, 3.05) is 0 Å². The van der Waals surface area contributed by atoms with Crippen molar-refractivity contribution in [1.82, 2.24) is 4.98 Å². The molecule has 2 aromatic rings. The fraction of sp³-hybridized carbons (Fsp3) is 0.467. The van der Waals surface area contributed by atoms with E-state index in [9.17, 15) is 5.11 Å². The second-order valence-electron chi connectivity index (χ2n) is 4.98. The molecule has 2 N–H and O–H groups in total. The fourth-order valence-corrected chi connectivity index (χ4v) is 2.41. The number of H-pyrrole nitrogens is 1. The summed E-state index contributed by atoms with van der Waals surface area (Å²) in [4.78, 5) is 3.26. The Morgan fingerprint density at radius 2 is 2.12 bits per heavy atom. The molecule has 2 rings (SSSR count). The van der Waals surface area contributed by atoms with Gasteiger partial charge in [-0.3, -0.25) is 0 Å². The Balaban J connectivity index is 2.10. The van der Waals surface area contributed by atoms with Gasteiger partial charge in [-0.05, 0) is 42.5 Å². The minimum Gasteiger partial charge on any atom is -0.508 e. The molecule has 0 bridgehead atoms. The van der Waals surface area contributed by atoms with Gasteiger partial charge in [0.05, 0.1) is 0 Å². The number of hydrogen-bond acceptors (Lipinski definition) is 1. The number of phenolic OH excluding ortho intramolecular Hbond substituents is 1. The van der Waals surface area contributed by atoms with Gasteiger partial charge in [-0.15, -0.1) is 0 Å². The molecule has 0 amide bonds. The van der Waals surface area contributed by atoms with Crippen LogP contribution in [-0.2, 0) is 6.42 Å². The van der Waals surface area contributed by atoms with Crippen LogP contribution in [0.1, 0.15) is 38.7 Å². The van der Waals surface area contributed by atoms with Gasteiger partial charge < -0.3 is 10.1 Å². The maximum atomic E-state index is 9.52. The Morgan fingerprint density at radius 3 is 2.88 bits per heavy atom. The van der Waals surface area contributed by atoms with Crippen LogP contribution in [0.2, 0.25) is 0 Å². The van der Waals surface area contributed by atoms with Crippen LogP contribution in [0, 0.1) is 5.92 Å². The van der Waals surface area contributed by atoms with Crippen molar-refractivity contribution in [1.29, 1.82) is 0 Å². The van der Waals surface area contributed by atoms with E-state index >= 15 is 0 Å². The third kappa shape index (κ3) is 2.82. The molecule has 17 heavy (non-hydrogen) atoms. The Bertz CT molecular complexity index is 487. The zero-order valence-corrected chi connectivity index (χ0v) is 10.7. The van der Waals surface area contributed by atoms with Gasteiger partial charge >= 0.3 is 0 Å². The summed E-state index contributed by atoms with van der Waals surface area (Å²) >= 11 is 0. The van der Waals surface area contributed by atoms with Crippen LogP contribution < -0.4 is 0 Å². The number of aromatic hydroxyl groups is 1. The molecule has 0 spiro atoms. The molecule has 0 aliphatic rings. The lowest BCUT2D eigenvalue weighted by Gasteiger charge is -2.08. The number of rotatable bonds is 5. The molecule has 1 unspecified atom stereocenters. The molecule has 2 nitrogen and oxygen atoms in total. The Kier molecular flexibility index (Phi) is 3.72. The van der Waals surface area contributed by atoms with E-state index in [2.05, 4.69) is 25.0 Å². The van der Waals surface area contributed by atoms with E-state index in [-0.39, 0.29) is 0 Å². The van der Waals surface area contributed by atoms with Gasteiger partial charge in [-0.25, -0.2) is 0 Å². The molecule has 0 aliphatic carbocycles. The highest BCUT2D eigenvalue weighted by molar-refractivity contribution is 5.84. The van der Waals surface area contributed by atoms with Crippen molar-refractivity contribution in [2.24, 2.45) is 5.92 Å². The van der Waals surface area contributed by atoms with E-state index in [0.29, 0.717) is 5.75 Å². The standard InChI is InChI=1S/C15H21NO/c1-3-4-11(2)5-6-12-10-16-15-8-7-13(17)9-14(12)15/h7-11,16-17H,3-6H2,1-2H3. The second-order valence-corrected chi connectivity index (χ2v) is 4.98. The molecule has 1 aromatic carbocycles. The fourth-order valence-electron chi connectivity index (χ4n) is 2.41. The predicted molar refractivity (Wildman–Crippen MR) is 72.4 cm³/mol. The van der Waals surface area contributed by atoms with Gasteiger partial charge in [0.25, 0.3) is 0 Å². The van der Waals surface area contributed by atoms with E-state index in [1.54, 1.807) is 6.07 Å². The van der Waals surface area contributed by atoms with Crippen LogP contribution in [0.5, 0.6) is 5.75 Å². The number of aromatic nitrogens is 1. The molecule has 92 valence electrons. The van der Waals surface area contributed by atoms with Crippen molar-refractivity contribution in [3.05, 3.63) is 30.0 Å². The van der Waals surface area contributed by atoms with Gasteiger partial charge in [0, 0.05) is 17.1 Å². The summed E-state index contributed by atoms with van der Waals surface area (Å²) in [5.41, 5.74) is 2.43. The molecule has 1 atom stereocenters. The number of benzene rings is 1. The third-order valence-corrected chi connectivity index (χ3v) is 3.44. The lowest BCUT2D eigenvalue weighted by Crippen LogP contribution is -1.96. The molecule has 0 saturated carbocycles. The molecule has 1 heterocycles. The maximum absolute atomic E-state index is 9.52. The summed E-state index contributed by atoms with van der Waals surface area (Å²) in [6.07, 6.45) is 6.94. The van der Waals surface area contributed by atoms with E-state index < -0.39 is 0 Å². The van der Waals surface area contributed by atoms with Gasteiger partial charge in [0.2, 0.25) is 0 Å². The Hall–Kier alpha value is -1.44. The quantitative estimate of drug-likeness (QED) is 0.793. The summed E-state index contributed by atoms with van der Waals surface area (Å²) in [5, 5.41) is 10.7. The molecule has 2 heteroatoms. The molecule has 0 aliphatic heterocycles. The minimum atomic E-state index is 0.347. The summed E-state index contributed by atoms with van der Waals surface area (Å²) < 4.78 is 0. The van der Waals surface area contributed by atoms with Crippen LogP contribution in [0.15, 0.2) is 24.4 Å².